The number of nitrogens with zero attached hydrogens (tertiary/aromatic N) is 1. The van der Waals surface area contributed by atoms with E-state index in [1.165, 1.54) is 6.08 Å². The van der Waals surface area contributed by atoms with Gasteiger partial charge in [0.2, 0.25) is 0 Å². The summed E-state index contributed by atoms with van der Waals surface area (Å²) in [6.45, 7) is 2.36. The molecule has 0 aliphatic carbocycles. The van der Waals surface area contributed by atoms with Gasteiger partial charge in [-0.2, -0.15) is 5.26 Å². The van der Waals surface area contributed by atoms with E-state index in [1.807, 2.05) is 6.07 Å². The maximum atomic E-state index is 11.9. The van der Waals surface area contributed by atoms with Crippen LogP contribution in [0.2, 0.25) is 10.0 Å². The molecule has 0 N–H and O–H groups in total. The van der Waals surface area contributed by atoms with Crippen molar-refractivity contribution < 1.29 is 13.9 Å². The fraction of sp³-hybridized carbons (Fsp3) is 0.263. The minimum Gasteiger partial charge on any atom is -0.462 e. The van der Waals surface area contributed by atoms with Crippen molar-refractivity contribution in [3.05, 3.63) is 51.7 Å². The number of carbonyl (C=O) groups is 1. The second-order valence-corrected chi connectivity index (χ2v) is 6.16. The number of esters is 1. The molecule has 2 aromatic rings. The summed E-state index contributed by atoms with van der Waals surface area (Å²) in [4.78, 5) is 11.9. The smallest absolute Gasteiger partial charge is 0.349 e. The first-order valence-electron chi connectivity index (χ1n) is 7.89. The molecule has 0 amide bonds. The van der Waals surface area contributed by atoms with Crippen molar-refractivity contribution in [2.45, 2.75) is 26.2 Å². The molecule has 0 fully saturated rings. The second kappa shape index (κ2) is 9.31. The number of ether oxygens (including phenoxy) is 1. The van der Waals surface area contributed by atoms with E-state index >= 15 is 0 Å². The Morgan fingerprint density at radius 3 is 2.72 bits per heavy atom. The van der Waals surface area contributed by atoms with Gasteiger partial charge < -0.3 is 9.15 Å². The van der Waals surface area contributed by atoms with Crippen LogP contribution in [-0.2, 0) is 9.53 Å². The van der Waals surface area contributed by atoms with E-state index in [4.69, 9.17) is 37.6 Å². The molecule has 0 aliphatic rings. The molecule has 130 valence electrons. The quantitative estimate of drug-likeness (QED) is 0.261. The van der Waals surface area contributed by atoms with E-state index in [0.29, 0.717) is 28.2 Å². The highest BCUT2D eigenvalue weighted by molar-refractivity contribution is 6.42. The summed E-state index contributed by atoms with van der Waals surface area (Å²) < 4.78 is 10.7. The zero-order valence-electron chi connectivity index (χ0n) is 13.7. The van der Waals surface area contributed by atoms with E-state index in [9.17, 15) is 4.79 Å². The predicted molar refractivity (Wildman–Crippen MR) is 98.2 cm³/mol. The van der Waals surface area contributed by atoms with Crippen molar-refractivity contribution in [1.82, 2.24) is 0 Å². The summed E-state index contributed by atoms with van der Waals surface area (Å²) in [5.41, 5.74) is 0.640. The summed E-state index contributed by atoms with van der Waals surface area (Å²) in [7, 11) is 0. The number of carbonyl (C=O) groups excluding carboxylic acids is 1. The van der Waals surface area contributed by atoms with Gasteiger partial charge in [-0.3, -0.25) is 0 Å². The largest absolute Gasteiger partial charge is 0.462 e. The van der Waals surface area contributed by atoms with Crippen LogP contribution in [0, 0.1) is 11.3 Å². The minimum atomic E-state index is -0.647. The fourth-order valence-electron chi connectivity index (χ4n) is 2.11. The highest BCUT2D eigenvalue weighted by Crippen LogP contribution is 2.30. The number of benzene rings is 1. The molecule has 0 aliphatic heterocycles. The van der Waals surface area contributed by atoms with Gasteiger partial charge >= 0.3 is 5.97 Å². The number of nitriles is 1. The van der Waals surface area contributed by atoms with Crippen molar-refractivity contribution in [3.8, 4) is 17.4 Å². The van der Waals surface area contributed by atoms with E-state index in [-0.39, 0.29) is 5.57 Å². The third kappa shape index (κ3) is 5.38. The van der Waals surface area contributed by atoms with Gasteiger partial charge in [0.05, 0.1) is 16.7 Å². The molecule has 6 heteroatoms. The summed E-state index contributed by atoms with van der Waals surface area (Å²) in [6, 6.07) is 10.4. The van der Waals surface area contributed by atoms with Gasteiger partial charge in [0, 0.05) is 11.6 Å². The Bertz CT molecular complexity index is 818. The summed E-state index contributed by atoms with van der Waals surface area (Å²) in [5, 5.41) is 10.0. The molecule has 1 heterocycles. The standard InChI is InChI=1S/C19H17Cl2NO3/c1-2-3-4-9-24-19(23)14(12-22)10-15-6-8-18(25-15)13-5-7-16(20)17(21)11-13/h5-8,10-11H,2-4,9H2,1H3/b14-10+. The second-order valence-electron chi connectivity index (χ2n) is 5.34. The summed E-state index contributed by atoms with van der Waals surface area (Å²) >= 11 is 11.9. The molecular formula is C19H17Cl2NO3. The Labute approximate surface area is 156 Å². The van der Waals surface area contributed by atoms with Crippen molar-refractivity contribution in [2.24, 2.45) is 0 Å². The third-order valence-corrected chi connectivity index (χ3v) is 4.18. The van der Waals surface area contributed by atoms with Gasteiger partial charge in [-0.15, -0.1) is 0 Å². The lowest BCUT2D eigenvalue weighted by Gasteiger charge is -2.02. The zero-order valence-corrected chi connectivity index (χ0v) is 15.2. The van der Waals surface area contributed by atoms with Crippen molar-refractivity contribution in [1.29, 1.82) is 5.26 Å². The lowest BCUT2D eigenvalue weighted by molar-refractivity contribution is -0.138. The van der Waals surface area contributed by atoms with Crippen molar-refractivity contribution >= 4 is 35.2 Å². The van der Waals surface area contributed by atoms with E-state index in [0.717, 1.165) is 24.8 Å². The Balaban J connectivity index is 2.11. The normalized spacial score (nSPS) is 11.2. The molecule has 2 rings (SSSR count). The van der Waals surface area contributed by atoms with Crippen LogP contribution in [0.3, 0.4) is 0 Å². The first-order valence-corrected chi connectivity index (χ1v) is 8.65. The average Bonchev–Trinajstić information content (AvgIpc) is 3.07. The Morgan fingerprint density at radius 2 is 2.04 bits per heavy atom. The van der Waals surface area contributed by atoms with Crippen molar-refractivity contribution in [3.63, 3.8) is 0 Å². The van der Waals surface area contributed by atoms with Crippen LogP contribution in [0.5, 0.6) is 0 Å². The maximum Gasteiger partial charge on any atom is 0.349 e. The molecule has 4 nitrogen and oxygen atoms in total. The van der Waals surface area contributed by atoms with E-state index in [1.54, 1.807) is 30.3 Å². The van der Waals surface area contributed by atoms with Gasteiger partial charge in [-0.05, 0) is 36.8 Å². The Kier molecular flexibility index (Phi) is 7.12. The topological polar surface area (TPSA) is 63.2 Å². The van der Waals surface area contributed by atoms with Crippen LogP contribution in [0.1, 0.15) is 31.9 Å². The van der Waals surface area contributed by atoms with Crippen molar-refractivity contribution in [2.75, 3.05) is 6.61 Å². The minimum absolute atomic E-state index is 0.105. The molecule has 25 heavy (non-hydrogen) atoms. The molecule has 0 saturated carbocycles. The van der Waals surface area contributed by atoms with E-state index < -0.39 is 5.97 Å². The lowest BCUT2D eigenvalue weighted by atomic mass is 10.2. The average molecular weight is 378 g/mol. The number of unbranched alkanes of at least 4 members (excludes halogenated alkanes) is 2. The van der Waals surface area contributed by atoms with Gasteiger partial charge in [0.25, 0.3) is 0 Å². The predicted octanol–water partition coefficient (Wildman–Crippen LogP) is 5.89. The number of halogens is 2. The number of rotatable bonds is 7. The van der Waals surface area contributed by atoms with Crippen LogP contribution in [0.15, 0.2) is 40.3 Å². The molecule has 0 saturated heterocycles. The fourth-order valence-corrected chi connectivity index (χ4v) is 2.41. The first-order chi connectivity index (χ1) is 12.0. The molecular weight excluding hydrogens is 361 g/mol. The van der Waals surface area contributed by atoms with Gasteiger partial charge in [-0.25, -0.2) is 4.79 Å². The molecule has 0 radical (unpaired) electrons. The summed E-state index contributed by atoms with van der Waals surface area (Å²) in [5.74, 6) is 0.285. The Morgan fingerprint density at radius 1 is 1.24 bits per heavy atom. The molecule has 0 atom stereocenters. The van der Waals surface area contributed by atoms with Crippen LogP contribution in [-0.4, -0.2) is 12.6 Å². The SMILES string of the molecule is CCCCCOC(=O)/C(C#N)=C/c1ccc(-c2ccc(Cl)c(Cl)c2)o1. The highest BCUT2D eigenvalue weighted by Gasteiger charge is 2.12. The molecule has 1 aromatic heterocycles. The Hall–Kier alpha value is -2.22. The number of hydrogen-bond acceptors (Lipinski definition) is 4. The van der Waals surface area contributed by atoms with Crippen LogP contribution in [0.4, 0.5) is 0 Å². The molecule has 1 aromatic carbocycles. The van der Waals surface area contributed by atoms with Gasteiger partial charge in [0.1, 0.15) is 23.2 Å². The molecule has 0 spiro atoms. The lowest BCUT2D eigenvalue weighted by Crippen LogP contribution is -2.07. The monoisotopic (exact) mass is 377 g/mol. The molecule has 0 bridgehead atoms. The van der Waals surface area contributed by atoms with Gasteiger partial charge in [-0.1, -0.05) is 43.0 Å². The highest BCUT2D eigenvalue weighted by atomic mass is 35.5. The maximum absolute atomic E-state index is 11.9. The number of hydrogen-bond donors (Lipinski definition) is 0. The first kappa shape index (κ1) is 19.1. The van der Waals surface area contributed by atoms with Gasteiger partial charge in [0.15, 0.2) is 0 Å². The molecule has 0 unspecified atom stereocenters. The van der Waals surface area contributed by atoms with Crippen LogP contribution in [0.25, 0.3) is 17.4 Å². The van der Waals surface area contributed by atoms with Crippen LogP contribution < -0.4 is 0 Å². The third-order valence-electron chi connectivity index (χ3n) is 3.44. The van der Waals surface area contributed by atoms with E-state index in [2.05, 4.69) is 6.92 Å². The summed E-state index contributed by atoms with van der Waals surface area (Å²) in [6.07, 6.45) is 4.15. The van der Waals surface area contributed by atoms with Crippen LogP contribution >= 0.6 is 23.2 Å². The zero-order chi connectivity index (χ0) is 18.2. The number of furan rings is 1.